The van der Waals surface area contributed by atoms with Crippen molar-refractivity contribution < 1.29 is 28.7 Å². The molecule has 9 nitrogen and oxygen atoms in total. The smallest absolute Gasteiger partial charge is 0.413 e. The number of amides is 4. The van der Waals surface area contributed by atoms with Crippen molar-refractivity contribution in [3.05, 3.63) is 16.0 Å². The average Bonchev–Trinajstić information content (AvgIpc) is 2.89. The molecule has 0 aliphatic carbocycles. The van der Waals surface area contributed by atoms with Crippen LogP contribution in [0.15, 0.2) is 0 Å². The number of nitrogens with zero attached hydrogens (tertiary/aromatic N) is 1. The topological polar surface area (TPSA) is 114 Å². The number of thiophene rings is 1. The minimum atomic E-state index is -0.888. The number of rotatable bonds is 2. The Morgan fingerprint density at radius 1 is 1.17 bits per heavy atom. The number of hydrogen-bond acceptors (Lipinski definition) is 7. The van der Waals surface area contributed by atoms with Gasteiger partial charge in [0.15, 0.2) is 0 Å². The molecule has 0 saturated heterocycles. The van der Waals surface area contributed by atoms with E-state index in [9.17, 15) is 19.2 Å². The van der Waals surface area contributed by atoms with Crippen molar-refractivity contribution in [1.82, 2.24) is 10.2 Å². The lowest BCUT2D eigenvalue weighted by Gasteiger charge is -2.25. The van der Waals surface area contributed by atoms with E-state index in [0.717, 1.165) is 12.0 Å². The van der Waals surface area contributed by atoms with E-state index in [2.05, 4.69) is 15.4 Å². The monoisotopic (exact) mass is 355 g/mol. The van der Waals surface area contributed by atoms with E-state index in [-0.39, 0.29) is 18.0 Å². The Morgan fingerprint density at radius 2 is 1.88 bits per heavy atom. The Balaban J connectivity index is 2.37. The third-order valence-corrected chi connectivity index (χ3v) is 4.54. The highest BCUT2D eigenvalue weighted by Crippen LogP contribution is 2.37. The molecule has 24 heavy (non-hydrogen) atoms. The largest absolute Gasteiger partial charge is 0.453 e. The Hall–Kier alpha value is -2.62. The number of alkyl carbamates (subject to hydrolysis) is 1. The molecule has 2 N–H and O–H groups in total. The zero-order valence-electron chi connectivity index (χ0n) is 13.4. The molecule has 0 spiro atoms. The molecule has 1 aliphatic rings. The molecule has 2 heterocycles. The van der Waals surface area contributed by atoms with Gasteiger partial charge in [0.2, 0.25) is 5.91 Å². The van der Waals surface area contributed by atoms with E-state index in [1.165, 1.54) is 30.3 Å². The molecule has 1 aromatic heterocycles. The van der Waals surface area contributed by atoms with Crippen LogP contribution in [0.3, 0.4) is 0 Å². The summed E-state index contributed by atoms with van der Waals surface area (Å²) < 4.78 is 9.13. The highest BCUT2D eigenvalue weighted by Gasteiger charge is 2.31. The zero-order valence-corrected chi connectivity index (χ0v) is 14.2. The summed E-state index contributed by atoms with van der Waals surface area (Å²) in [5, 5.41) is 5.02. The molecule has 0 unspecified atom stereocenters. The van der Waals surface area contributed by atoms with Crippen LogP contribution >= 0.6 is 11.3 Å². The van der Waals surface area contributed by atoms with Crippen molar-refractivity contribution in [3.63, 3.8) is 0 Å². The molecule has 0 radical (unpaired) electrons. The van der Waals surface area contributed by atoms with Crippen LogP contribution in [0.4, 0.5) is 14.6 Å². The molecule has 10 heteroatoms. The van der Waals surface area contributed by atoms with Crippen LogP contribution in [0, 0.1) is 0 Å². The van der Waals surface area contributed by atoms with Crippen molar-refractivity contribution in [2.75, 3.05) is 26.1 Å². The molecule has 1 aliphatic heterocycles. The second kappa shape index (κ2) is 7.30. The van der Waals surface area contributed by atoms with E-state index in [1.54, 1.807) is 0 Å². The summed E-state index contributed by atoms with van der Waals surface area (Å²) in [5.41, 5.74) is 0.922. The van der Waals surface area contributed by atoms with Gasteiger partial charge in [-0.25, -0.2) is 9.59 Å². The van der Waals surface area contributed by atoms with Crippen LogP contribution in [-0.4, -0.2) is 49.7 Å². The van der Waals surface area contributed by atoms with Gasteiger partial charge in [0.05, 0.1) is 26.3 Å². The number of nitrogens with one attached hydrogen (secondary N) is 2. The Kier molecular flexibility index (Phi) is 5.39. The Labute approximate surface area is 141 Å². The number of imide groups is 1. The molecule has 130 valence electrons. The molecule has 0 atom stereocenters. The van der Waals surface area contributed by atoms with Crippen molar-refractivity contribution >= 4 is 40.3 Å². The van der Waals surface area contributed by atoms with Crippen LogP contribution in [0.2, 0.25) is 0 Å². The van der Waals surface area contributed by atoms with Gasteiger partial charge in [-0.3, -0.25) is 14.9 Å². The summed E-state index contributed by atoms with van der Waals surface area (Å²) in [6.07, 6.45) is -0.943. The standard InChI is InChI=1S/C14H17N3O6S/c1-7(18)15-12-10(11(19)16-13(20)22-2)8-4-5-17(14(21)23-3)6-9(8)24-12/h4-6H2,1-3H3,(H,15,18)(H,16,19,20). The van der Waals surface area contributed by atoms with Crippen LogP contribution in [-0.2, 0) is 27.2 Å². The summed E-state index contributed by atoms with van der Waals surface area (Å²) in [4.78, 5) is 49.0. The minimum absolute atomic E-state index is 0.222. The third kappa shape index (κ3) is 3.65. The number of anilines is 1. The van der Waals surface area contributed by atoms with Crippen LogP contribution in [0.5, 0.6) is 0 Å². The van der Waals surface area contributed by atoms with Crippen molar-refractivity contribution in [2.45, 2.75) is 19.9 Å². The van der Waals surface area contributed by atoms with Crippen molar-refractivity contribution in [3.8, 4) is 0 Å². The second-order valence-electron chi connectivity index (χ2n) is 4.98. The van der Waals surface area contributed by atoms with Gasteiger partial charge in [-0.1, -0.05) is 0 Å². The predicted octanol–water partition coefficient (Wildman–Crippen LogP) is 1.33. The number of hydrogen-bond donors (Lipinski definition) is 2. The van der Waals surface area contributed by atoms with Crippen LogP contribution in [0.1, 0.15) is 27.7 Å². The summed E-state index contributed by atoms with van der Waals surface area (Å²) in [6, 6.07) is 0. The first-order valence-corrected chi connectivity index (χ1v) is 7.83. The number of fused-ring (bicyclic) bond motifs is 1. The number of carbonyl (C=O) groups is 4. The lowest BCUT2D eigenvalue weighted by molar-refractivity contribution is -0.114. The molecule has 0 saturated carbocycles. The zero-order chi connectivity index (χ0) is 17.9. The maximum Gasteiger partial charge on any atom is 0.413 e. The summed E-state index contributed by atoms with van der Waals surface area (Å²) in [7, 11) is 2.44. The highest BCUT2D eigenvalue weighted by molar-refractivity contribution is 7.17. The number of ether oxygens (including phenoxy) is 2. The summed E-state index contributed by atoms with van der Waals surface area (Å²) in [5.74, 6) is -1.000. The lowest BCUT2D eigenvalue weighted by atomic mass is 10.0. The maximum atomic E-state index is 12.4. The summed E-state index contributed by atoms with van der Waals surface area (Å²) >= 11 is 1.19. The molecule has 0 fully saturated rings. The molecular formula is C14H17N3O6S. The van der Waals surface area contributed by atoms with Gasteiger partial charge in [-0.15, -0.1) is 11.3 Å². The van der Waals surface area contributed by atoms with E-state index >= 15 is 0 Å². The minimum Gasteiger partial charge on any atom is -0.453 e. The second-order valence-corrected chi connectivity index (χ2v) is 6.08. The predicted molar refractivity (Wildman–Crippen MR) is 85.0 cm³/mol. The lowest BCUT2D eigenvalue weighted by Crippen LogP contribution is -2.36. The average molecular weight is 355 g/mol. The molecule has 4 amide bonds. The molecule has 2 rings (SSSR count). The van der Waals surface area contributed by atoms with Crippen molar-refractivity contribution in [2.24, 2.45) is 0 Å². The first-order chi connectivity index (χ1) is 11.4. The van der Waals surface area contributed by atoms with Gasteiger partial charge in [-0.2, -0.15) is 0 Å². The quantitative estimate of drug-likeness (QED) is 0.827. The van der Waals surface area contributed by atoms with Gasteiger partial charge in [0.1, 0.15) is 5.00 Å². The maximum absolute atomic E-state index is 12.4. The van der Waals surface area contributed by atoms with Gasteiger partial charge in [-0.05, 0) is 12.0 Å². The van der Waals surface area contributed by atoms with Crippen molar-refractivity contribution in [1.29, 1.82) is 0 Å². The Bertz CT molecular complexity index is 699. The van der Waals surface area contributed by atoms with Gasteiger partial charge >= 0.3 is 12.2 Å². The first kappa shape index (κ1) is 17.7. The fraction of sp³-hybridized carbons (Fsp3) is 0.429. The normalized spacial score (nSPS) is 12.9. The van der Waals surface area contributed by atoms with E-state index in [1.807, 2.05) is 0 Å². The fourth-order valence-electron chi connectivity index (χ4n) is 2.38. The van der Waals surface area contributed by atoms with Gasteiger partial charge < -0.3 is 19.7 Å². The SMILES string of the molecule is COC(=O)NC(=O)c1c(NC(C)=O)sc2c1CCN(C(=O)OC)C2. The van der Waals surface area contributed by atoms with E-state index in [0.29, 0.717) is 23.5 Å². The molecule has 0 bridgehead atoms. The highest BCUT2D eigenvalue weighted by atomic mass is 32.1. The van der Waals surface area contributed by atoms with Crippen LogP contribution < -0.4 is 10.6 Å². The molecule has 0 aromatic carbocycles. The van der Waals surface area contributed by atoms with E-state index < -0.39 is 18.1 Å². The first-order valence-electron chi connectivity index (χ1n) is 7.01. The number of methoxy groups -OCH3 is 2. The van der Waals surface area contributed by atoms with E-state index in [4.69, 9.17) is 4.74 Å². The van der Waals surface area contributed by atoms with Gasteiger partial charge in [0.25, 0.3) is 5.91 Å². The fourth-order valence-corrected chi connectivity index (χ4v) is 3.69. The molecular weight excluding hydrogens is 338 g/mol. The van der Waals surface area contributed by atoms with Crippen LogP contribution in [0.25, 0.3) is 0 Å². The Morgan fingerprint density at radius 3 is 2.46 bits per heavy atom. The van der Waals surface area contributed by atoms with Gasteiger partial charge in [0, 0.05) is 18.3 Å². The number of carbonyl (C=O) groups excluding carboxylic acids is 4. The third-order valence-electron chi connectivity index (χ3n) is 3.41. The summed E-state index contributed by atoms with van der Waals surface area (Å²) in [6.45, 7) is 1.96. The molecule has 1 aromatic rings.